The highest BCUT2D eigenvalue weighted by molar-refractivity contribution is 6.04. The smallest absolute Gasteiger partial charge is 0.182 e. The molecule has 1 heterocycles. The summed E-state index contributed by atoms with van der Waals surface area (Å²) in [5.41, 5.74) is 3.49. The summed E-state index contributed by atoms with van der Waals surface area (Å²) < 4.78 is 0. The monoisotopic (exact) mass is 234 g/mol. The van der Waals surface area contributed by atoms with Crippen molar-refractivity contribution in [3.8, 4) is 6.07 Å². The largest absolute Gasteiger partial charge is 0.353 e. The van der Waals surface area contributed by atoms with Gasteiger partial charge in [0, 0.05) is 5.41 Å². The molecule has 1 spiro atoms. The highest BCUT2D eigenvalue weighted by Crippen LogP contribution is 2.45. The summed E-state index contributed by atoms with van der Waals surface area (Å²) in [7, 11) is 5.86. The van der Waals surface area contributed by atoms with E-state index in [1.165, 1.54) is 5.56 Å². The lowest BCUT2D eigenvalue weighted by Gasteiger charge is -2.43. The zero-order valence-corrected chi connectivity index (χ0v) is 10.4. The van der Waals surface area contributed by atoms with Crippen LogP contribution in [0.2, 0.25) is 0 Å². The van der Waals surface area contributed by atoms with E-state index in [4.69, 9.17) is 7.98 Å². The van der Waals surface area contributed by atoms with Gasteiger partial charge in [0.2, 0.25) is 0 Å². The molecule has 0 unspecified atom stereocenters. The van der Waals surface area contributed by atoms with Gasteiger partial charge in [-0.3, -0.25) is 0 Å². The summed E-state index contributed by atoms with van der Waals surface area (Å²) >= 11 is 0. The van der Waals surface area contributed by atoms with E-state index in [1.807, 2.05) is 10.9 Å². The lowest BCUT2D eigenvalue weighted by atomic mass is 9.65. The third-order valence-electron chi connectivity index (χ3n) is 4.36. The average molecular weight is 234 g/mol. The zero-order valence-electron chi connectivity index (χ0n) is 10.4. The first-order valence-electron chi connectivity index (χ1n) is 6.45. The second-order valence-corrected chi connectivity index (χ2v) is 5.30. The van der Waals surface area contributed by atoms with Gasteiger partial charge in [-0.25, -0.2) is 0 Å². The van der Waals surface area contributed by atoms with Crippen molar-refractivity contribution in [3.05, 3.63) is 41.5 Å². The van der Waals surface area contributed by atoms with E-state index in [-0.39, 0.29) is 5.41 Å². The Labute approximate surface area is 109 Å². The predicted molar refractivity (Wildman–Crippen MR) is 72.9 cm³/mol. The Bertz CT molecular complexity index is 534. The molecular formula is C15H15BN2. The molecule has 1 aliphatic carbocycles. The molecule has 0 bridgehead atoms. The summed E-state index contributed by atoms with van der Waals surface area (Å²) in [6, 6.07) is 10.7. The lowest BCUT2D eigenvalue weighted by molar-refractivity contribution is 0.237. The fourth-order valence-electron chi connectivity index (χ4n) is 3.23. The maximum atomic E-state index is 9.22. The number of nitriles is 1. The summed E-state index contributed by atoms with van der Waals surface area (Å²) in [6.07, 6.45) is 5.24. The minimum atomic E-state index is 0.201. The summed E-state index contributed by atoms with van der Waals surface area (Å²) in [6.45, 7) is 1.87. The fraction of sp³-hybridized carbons (Fsp3) is 0.400. The van der Waals surface area contributed by atoms with Crippen LogP contribution in [-0.4, -0.2) is 25.9 Å². The van der Waals surface area contributed by atoms with E-state index >= 15 is 0 Å². The third kappa shape index (κ3) is 1.69. The highest BCUT2D eigenvalue weighted by Gasteiger charge is 2.38. The first-order chi connectivity index (χ1) is 8.75. The number of piperidine rings is 1. The molecule has 1 fully saturated rings. The summed E-state index contributed by atoms with van der Waals surface area (Å²) in [5.74, 6) is 0. The van der Waals surface area contributed by atoms with E-state index in [0.29, 0.717) is 0 Å². The predicted octanol–water partition coefficient (Wildman–Crippen LogP) is 2.41. The minimum Gasteiger partial charge on any atom is -0.353 e. The van der Waals surface area contributed by atoms with Crippen molar-refractivity contribution in [1.29, 1.82) is 5.26 Å². The van der Waals surface area contributed by atoms with Crippen molar-refractivity contribution < 1.29 is 0 Å². The molecule has 2 radical (unpaired) electrons. The molecule has 1 saturated heterocycles. The molecule has 1 aromatic rings. The molecular weight excluding hydrogens is 219 g/mol. The van der Waals surface area contributed by atoms with Gasteiger partial charge in [0.25, 0.3) is 0 Å². The summed E-state index contributed by atoms with van der Waals surface area (Å²) in [5, 5.41) is 9.22. The van der Waals surface area contributed by atoms with Crippen molar-refractivity contribution in [2.75, 3.05) is 13.1 Å². The van der Waals surface area contributed by atoms with Gasteiger partial charge in [-0.1, -0.05) is 30.3 Å². The van der Waals surface area contributed by atoms with Gasteiger partial charge in [-0.15, -0.1) is 0 Å². The second kappa shape index (κ2) is 4.30. The number of hydrogen-bond donors (Lipinski definition) is 0. The number of benzene rings is 1. The van der Waals surface area contributed by atoms with Crippen LogP contribution in [0.4, 0.5) is 0 Å². The van der Waals surface area contributed by atoms with Crippen molar-refractivity contribution in [1.82, 2.24) is 4.81 Å². The van der Waals surface area contributed by atoms with Crippen molar-refractivity contribution >= 4 is 13.6 Å². The van der Waals surface area contributed by atoms with E-state index < -0.39 is 0 Å². The molecule has 0 saturated carbocycles. The maximum Gasteiger partial charge on any atom is 0.182 e. The molecule has 88 valence electrons. The topological polar surface area (TPSA) is 27.0 Å². The number of nitrogens with zero attached hydrogens (tertiary/aromatic N) is 2. The van der Waals surface area contributed by atoms with Crippen LogP contribution in [0.3, 0.4) is 0 Å². The van der Waals surface area contributed by atoms with Crippen molar-refractivity contribution in [2.24, 2.45) is 0 Å². The lowest BCUT2D eigenvalue weighted by Crippen LogP contribution is -2.42. The van der Waals surface area contributed by atoms with Gasteiger partial charge in [0.05, 0.1) is 11.6 Å². The SMILES string of the molecule is [B]N1CCC2(CC=C(C#N)c3ccccc32)CC1. The maximum absolute atomic E-state index is 9.22. The van der Waals surface area contributed by atoms with Gasteiger partial charge in [-0.05, 0) is 43.5 Å². The molecule has 3 heteroatoms. The second-order valence-electron chi connectivity index (χ2n) is 5.30. The van der Waals surface area contributed by atoms with Crippen LogP contribution in [0.25, 0.3) is 5.57 Å². The first-order valence-corrected chi connectivity index (χ1v) is 6.45. The molecule has 2 aliphatic rings. The van der Waals surface area contributed by atoms with Crippen LogP contribution in [0.5, 0.6) is 0 Å². The average Bonchev–Trinajstić information content (AvgIpc) is 2.43. The molecule has 0 aromatic heterocycles. The molecule has 0 amide bonds. The van der Waals surface area contributed by atoms with Gasteiger partial charge in [0.1, 0.15) is 0 Å². The Hall–Kier alpha value is -1.53. The molecule has 18 heavy (non-hydrogen) atoms. The molecule has 2 nitrogen and oxygen atoms in total. The van der Waals surface area contributed by atoms with E-state index in [9.17, 15) is 5.26 Å². The molecule has 3 rings (SSSR count). The Morgan fingerprint density at radius 1 is 1.22 bits per heavy atom. The van der Waals surface area contributed by atoms with E-state index in [0.717, 1.165) is 43.5 Å². The molecule has 1 aromatic carbocycles. The number of allylic oxidation sites excluding steroid dienone is 2. The Morgan fingerprint density at radius 3 is 2.67 bits per heavy atom. The number of fused-ring (bicyclic) bond motifs is 2. The zero-order chi connectivity index (χ0) is 12.6. The number of rotatable bonds is 0. The third-order valence-corrected chi connectivity index (χ3v) is 4.36. The van der Waals surface area contributed by atoms with Crippen molar-refractivity contribution in [2.45, 2.75) is 24.7 Å². The molecule has 0 N–H and O–H groups in total. The fourth-order valence-corrected chi connectivity index (χ4v) is 3.23. The van der Waals surface area contributed by atoms with Crippen LogP contribution >= 0.6 is 0 Å². The first kappa shape index (κ1) is 11.6. The van der Waals surface area contributed by atoms with Crippen LogP contribution in [0.1, 0.15) is 30.4 Å². The van der Waals surface area contributed by atoms with E-state index in [1.54, 1.807) is 0 Å². The highest BCUT2D eigenvalue weighted by atomic mass is 15.0. The van der Waals surface area contributed by atoms with E-state index in [2.05, 4.69) is 30.3 Å². The minimum absolute atomic E-state index is 0.201. The van der Waals surface area contributed by atoms with Crippen molar-refractivity contribution in [3.63, 3.8) is 0 Å². The molecule has 0 atom stereocenters. The Morgan fingerprint density at radius 2 is 1.94 bits per heavy atom. The quantitative estimate of drug-likeness (QED) is 0.644. The van der Waals surface area contributed by atoms with Crippen LogP contribution < -0.4 is 0 Å². The normalized spacial score (nSPS) is 22.1. The van der Waals surface area contributed by atoms with Crippen LogP contribution in [-0.2, 0) is 5.41 Å². The van der Waals surface area contributed by atoms with Gasteiger partial charge < -0.3 is 4.81 Å². The van der Waals surface area contributed by atoms with Crippen LogP contribution in [0.15, 0.2) is 30.3 Å². The summed E-state index contributed by atoms with van der Waals surface area (Å²) in [4.78, 5) is 1.90. The van der Waals surface area contributed by atoms with Gasteiger partial charge in [-0.2, -0.15) is 5.26 Å². The Balaban J connectivity index is 2.06. The Kier molecular flexibility index (Phi) is 2.76. The van der Waals surface area contributed by atoms with Crippen LogP contribution in [0, 0.1) is 11.3 Å². The standard InChI is InChI=1S/C15H15BN2/c16-18-9-7-15(8-10-18)6-5-12(11-17)13-3-1-2-4-14(13)15/h1-5H,6-10H2. The number of hydrogen-bond acceptors (Lipinski definition) is 2. The van der Waals surface area contributed by atoms with Gasteiger partial charge in [0.15, 0.2) is 7.98 Å². The molecule has 1 aliphatic heterocycles. The van der Waals surface area contributed by atoms with Gasteiger partial charge >= 0.3 is 0 Å².